The van der Waals surface area contributed by atoms with Crippen molar-refractivity contribution >= 4 is 27.3 Å². The summed E-state index contributed by atoms with van der Waals surface area (Å²) in [6, 6.07) is 18.9. The zero-order valence-electron chi connectivity index (χ0n) is 16.0. The molecule has 0 aromatic heterocycles. The molecule has 1 amide bonds. The highest BCUT2D eigenvalue weighted by Gasteiger charge is 2.17. The maximum atomic E-state index is 12.7. The molecule has 5 nitrogen and oxygen atoms in total. The summed E-state index contributed by atoms with van der Waals surface area (Å²) in [7, 11) is -3.75. The molecule has 0 unspecified atom stereocenters. The molecule has 3 aromatic carbocycles. The molecular formula is C22H22N2O3S. The van der Waals surface area contributed by atoms with Crippen molar-refractivity contribution in [2.24, 2.45) is 0 Å². The van der Waals surface area contributed by atoms with Crippen LogP contribution in [0.3, 0.4) is 0 Å². The summed E-state index contributed by atoms with van der Waals surface area (Å²) in [4.78, 5) is 12.5. The third kappa shape index (κ3) is 4.40. The zero-order valence-corrected chi connectivity index (χ0v) is 16.8. The molecule has 0 bridgehead atoms. The van der Waals surface area contributed by atoms with Gasteiger partial charge in [-0.05, 0) is 68.3 Å². The Labute approximate surface area is 165 Å². The fourth-order valence-electron chi connectivity index (χ4n) is 2.79. The number of hydrogen-bond donors (Lipinski definition) is 2. The van der Waals surface area contributed by atoms with E-state index in [1.54, 1.807) is 0 Å². The number of para-hydroxylation sites is 1. The Morgan fingerprint density at radius 1 is 0.786 bits per heavy atom. The second kappa shape index (κ2) is 7.86. The van der Waals surface area contributed by atoms with E-state index in [-0.39, 0.29) is 10.8 Å². The van der Waals surface area contributed by atoms with E-state index in [1.165, 1.54) is 24.3 Å². The van der Waals surface area contributed by atoms with Crippen molar-refractivity contribution in [2.45, 2.75) is 25.7 Å². The van der Waals surface area contributed by atoms with Gasteiger partial charge in [-0.25, -0.2) is 8.42 Å². The molecule has 0 heterocycles. The second-order valence-electron chi connectivity index (χ2n) is 6.72. The predicted molar refractivity (Wildman–Crippen MR) is 112 cm³/mol. The smallest absolute Gasteiger partial charge is 0.261 e. The number of rotatable bonds is 5. The number of aryl methyl sites for hydroxylation is 3. The lowest BCUT2D eigenvalue weighted by atomic mass is 10.1. The average Bonchev–Trinajstić information content (AvgIpc) is 2.67. The van der Waals surface area contributed by atoms with Crippen molar-refractivity contribution in [1.82, 2.24) is 0 Å². The first-order valence-electron chi connectivity index (χ1n) is 8.83. The Balaban J connectivity index is 1.77. The number of hydrogen-bond acceptors (Lipinski definition) is 3. The van der Waals surface area contributed by atoms with Gasteiger partial charge in [-0.3, -0.25) is 9.52 Å². The van der Waals surface area contributed by atoms with Crippen LogP contribution in [0.1, 0.15) is 27.0 Å². The van der Waals surface area contributed by atoms with Gasteiger partial charge >= 0.3 is 0 Å². The highest BCUT2D eigenvalue weighted by Crippen LogP contribution is 2.23. The van der Waals surface area contributed by atoms with E-state index >= 15 is 0 Å². The number of carbonyl (C=O) groups is 1. The molecule has 3 rings (SSSR count). The number of anilines is 2. The highest BCUT2D eigenvalue weighted by atomic mass is 32.2. The van der Waals surface area contributed by atoms with E-state index in [1.807, 2.05) is 63.2 Å². The van der Waals surface area contributed by atoms with Crippen LogP contribution in [0.4, 0.5) is 11.4 Å². The van der Waals surface area contributed by atoms with Gasteiger partial charge in [-0.15, -0.1) is 0 Å². The van der Waals surface area contributed by atoms with Crippen LogP contribution < -0.4 is 10.0 Å². The van der Waals surface area contributed by atoms with E-state index in [4.69, 9.17) is 0 Å². The minimum absolute atomic E-state index is 0.0991. The van der Waals surface area contributed by atoms with Crippen molar-refractivity contribution in [1.29, 1.82) is 0 Å². The van der Waals surface area contributed by atoms with Crippen LogP contribution in [0.2, 0.25) is 0 Å². The summed E-state index contributed by atoms with van der Waals surface area (Å²) in [5.41, 5.74) is 4.43. The topological polar surface area (TPSA) is 75.3 Å². The third-order valence-electron chi connectivity index (χ3n) is 4.45. The molecule has 0 aliphatic heterocycles. The largest absolute Gasteiger partial charge is 0.322 e. The van der Waals surface area contributed by atoms with Crippen LogP contribution in [0.25, 0.3) is 0 Å². The highest BCUT2D eigenvalue weighted by molar-refractivity contribution is 7.92. The van der Waals surface area contributed by atoms with Gasteiger partial charge in [0.1, 0.15) is 0 Å². The quantitative estimate of drug-likeness (QED) is 0.661. The molecule has 144 valence electrons. The van der Waals surface area contributed by atoms with Crippen LogP contribution in [-0.2, 0) is 10.0 Å². The SMILES string of the molecule is Cc1ccc(NC(=O)c2ccc(S(=O)(=O)Nc3c(C)cccc3C)cc2)cc1. The van der Waals surface area contributed by atoms with Gasteiger partial charge in [-0.2, -0.15) is 0 Å². The normalized spacial score (nSPS) is 11.1. The molecule has 0 radical (unpaired) electrons. The maximum absolute atomic E-state index is 12.7. The molecular weight excluding hydrogens is 372 g/mol. The molecule has 2 N–H and O–H groups in total. The van der Waals surface area contributed by atoms with Gasteiger partial charge in [0.05, 0.1) is 10.6 Å². The fourth-order valence-corrected chi connectivity index (χ4v) is 4.00. The second-order valence-corrected chi connectivity index (χ2v) is 8.40. The first-order chi connectivity index (χ1) is 13.3. The molecule has 0 saturated heterocycles. The van der Waals surface area contributed by atoms with Crippen LogP contribution in [-0.4, -0.2) is 14.3 Å². The average molecular weight is 394 g/mol. The summed E-state index contributed by atoms with van der Waals surface area (Å²) < 4.78 is 28.0. The van der Waals surface area contributed by atoms with Crippen LogP contribution in [0, 0.1) is 20.8 Å². The van der Waals surface area contributed by atoms with E-state index in [9.17, 15) is 13.2 Å². The van der Waals surface area contributed by atoms with Crippen molar-refractivity contribution < 1.29 is 13.2 Å². The molecule has 0 fully saturated rings. The van der Waals surface area contributed by atoms with Crippen molar-refractivity contribution in [3.63, 3.8) is 0 Å². The number of sulfonamides is 1. The molecule has 0 saturated carbocycles. The molecule has 3 aromatic rings. The standard InChI is InChI=1S/C22H22N2O3S/c1-15-7-11-19(12-8-15)23-22(25)18-9-13-20(14-10-18)28(26,27)24-21-16(2)5-4-6-17(21)3/h4-14,24H,1-3H3,(H,23,25). The number of benzene rings is 3. The van der Waals surface area contributed by atoms with Crippen LogP contribution >= 0.6 is 0 Å². The molecule has 0 aliphatic carbocycles. The van der Waals surface area contributed by atoms with Crippen LogP contribution in [0.15, 0.2) is 71.6 Å². The monoisotopic (exact) mass is 394 g/mol. The molecule has 0 spiro atoms. The summed E-state index contributed by atoms with van der Waals surface area (Å²) in [6.07, 6.45) is 0. The molecule has 0 atom stereocenters. The lowest BCUT2D eigenvalue weighted by Crippen LogP contribution is -2.16. The number of amides is 1. The lowest BCUT2D eigenvalue weighted by Gasteiger charge is -2.13. The van der Waals surface area contributed by atoms with Gasteiger partial charge in [0.2, 0.25) is 0 Å². The summed E-state index contributed by atoms with van der Waals surface area (Å²) in [5.74, 6) is -0.296. The van der Waals surface area contributed by atoms with Crippen molar-refractivity contribution in [2.75, 3.05) is 10.0 Å². The van der Waals surface area contributed by atoms with Crippen molar-refractivity contribution in [3.05, 3.63) is 89.0 Å². The van der Waals surface area contributed by atoms with Gasteiger partial charge in [-0.1, -0.05) is 35.9 Å². The Morgan fingerprint density at radius 2 is 1.36 bits per heavy atom. The summed E-state index contributed by atoms with van der Waals surface area (Å²) in [6.45, 7) is 5.67. The van der Waals surface area contributed by atoms with Gasteiger partial charge in [0.25, 0.3) is 15.9 Å². The minimum atomic E-state index is -3.75. The van der Waals surface area contributed by atoms with Crippen molar-refractivity contribution in [3.8, 4) is 0 Å². The Kier molecular flexibility index (Phi) is 5.51. The lowest BCUT2D eigenvalue weighted by molar-refractivity contribution is 0.102. The third-order valence-corrected chi connectivity index (χ3v) is 5.82. The molecule has 0 aliphatic rings. The molecule has 6 heteroatoms. The van der Waals surface area contributed by atoms with E-state index in [2.05, 4.69) is 10.0 Å². The summed E-state index contributed by atoms with van der Waals surface area (Å²) >= 11 is 0. The van der Waals surface area contributed by atoms with Gasteiger partial charge < -0.3 is 5.32 Å². The van der Waals surface area contributed by atoms with Crippen LogP contribution in [0.5, 0.6) is 0 Å². The first-order valence-corrected chi connectivity index (χ1v) is 10.3. The van der Waals surface area contributed by atoms with Gasteiger partial charge in [0.15, 0.2) is 0 Å². The van der Waals surface area contributed by atoms with E-state index in [0.717, 1.165) is 16.7 Å². The Morgan fingerprint density at radius 3 is 1.93 bits per heavy atom. The van der Waals surface area contributed by atoms with Gasteiger partial charge in [0, 0.05) is 11.3 Å². The number of carbonyl (C=O) groups excluding carboxylic acids is 1. The minimum Gasteiger partial charge on any atom is -0.322 e. The van der Waals surface area contributed by atoms with E-state index in [0.29, 0.717) is 16.9 Å². The number of nitrogens with one attached hydrogen (secondary N) is 2. The first kappa shape index (κ1) is 19.6. The zero-order chi connectivity index (χ0) is 20.3. The molecule has 28 heavy (non-hydrogen) atoms. The predicted octanol–water partition coefficient (Wildman–Crippen LogP) is 4.66. The van der Waals surface area contributed by atoms with E-state index < -0.39 is 10.0 Å². The maximum Gasteiger partial charge on any atom is 0.261 e. The summed E-state index contributed by atoms with van der Waals surface area (Å²) in [5, 5.41) is 2.79. The Hall–Kier alpha value is -3.12. The Bertz CT molecular complexity index is 1080. The fraction of sp³-hybridized carbons (Fsp3) is 0.136.